The lowest BCUT2D eigenvalue weighted by atomic mass is 10.0. The molecule has 42 heavy (non-hydrogen) atoms. The average Bonchev–Trinajstić information content (AvgIpc) is 3.45. The summed E-state index contributed by atoms with van der Waals surface area (Å²) in [6.07, 6.45) is -2.72. The Morgan fingerprint density at radius 2 is 1.64 bits per heavy atom. The first-order chi connectivity index (χ1) is 19.9. The number of para-hydroxylation sites is 1. The number of benzene rings is 2. The Labute approximate surface area is 244 Å². The monoisotopic (exact) mass is 588 g/mol. The summed E-state index contributed by atoms with van der Waals surface area (Å²) >= 11 is 0. The molecule has 2 aliphatic heterocycles. The number of nitrogens with zero attached hydrogens (tertiary/aromatic N) is 3. The van der Waals surface area contributed by atoms with Gasteiger partial charge in [-0.2, -0.15) is 13.2 Å². The standard InChI is InChI=1S/C31H39F3N4O4/c1-21(2)19-25(29(40)38-14-6-8-26(38)30(41)37-17-15-36(3)16-18-37)35-28(39)24-7-4-5-9-27(24)42-20-22-10-12-23(13-11-22)31(32,33)34/h4-5,7,9-13,21,25-26H,6,8,14-20H2,1-3H3,(H,35,39)/t25-,26-/m1/s1. The number of amides is 3. The van der Waals surface area contributed by atoms with Gasteiger partial charge in [-0.25, -0.2) is 0 Å². The highest BCUT2D eigenvalue weighted by Crippen LogP contribution is 2.29. The molecule has 2 fully saturated rings. The maximum absolute atomic E-state index is 13.8. The molecule has 2 heterocycles. The van der Waals surface area contributed by atoms with Gasteiger partial charge in [0.15, 0.2) is 0 Å². The summed E-state index contributed by atoms with van der Waals surface area (Å²) in [5.41, 5.74) is -0.0361. The van der Waals surface area contributed by atoms with Gasteiger partial charge in [0.1, 0.15) is 24.4 Å². The van der Waals surface area contributed by atoms with E-state index in [0.717, 1.165) is 31.6 Å². The number of halogens is 3. The molecule has 0 aliphatic carbocycles. The first kappa shape index (κ1) is 31.3. The van der Waals surface area contributed by atoms with Crippen molar-refractivity contribution in [1.29, 1.82) is 0 Å². The van der Waals surface area contributed by atoms with E-state index >= 15 is 0 Å². The average molecular weight is 589 g/mol. The van der Waals surface area contributed by atoms with Gasteiger partial charge in [-0.05, 0) is 62.1 Å². The molecule has 8 nitrogen and oxygen atoms in total. The lowest BCUT2D eigenvalue weighted by Gasteiger charge is -2.36. The van der Waals surface area contributed by atoms with E-state index in [1.54, 1.807) is 29.2 Å². The number of nitrogens with one attached hydrogen (secondary N) is 1. The Morgan fingerprint density at radius 3 is 2.29 bits per heavy atom. The molecule has 2 saturated heterocycles. The van der Waals surface area contributed by atoms with Gasteiger partial charge in [0.05, 0.1) is 11.1 Å². The van der Waals surface area contributed by atoms with Crippen molar-refractivity contribution >= 4 is 17.7 Å². The van der Waals surface area contributed by atoms with Crippen LogP contribution < -0.4 is 10.1 Å². The largest absolute Gasteiger partial charge is 0.488 e. The van der Waals surface area contributed by atoms with Crippen LogP contribution in [0.25, 0.3) is 0 Å². The minimum absolute atomic E-state index is 0.0365. The zero-order valence-corrected chi connectivity index (χ0v) is 24.3. The highest BCUT2D eigenvalue weighted by molar-refractivity contribution is 6.00. The van der Waals surface area contributed by atoms with Gasteiger partial charge < -0.3 is 24.8 Å². The van der Waals surface area contributed by atoms with Crippen molar-refractivity contribution in [3.05, 3.63) is 65.2 Å². The van der Waals surface area contributed by atoms with Crippen LogP contribution in [0, 0.1) is 5.92 Å². The van der Waals surface area contributed by atoms with Crippen molar-refractivity contribution in [2.45, 2.75) is 58.0 Å². The Balaban J connectivity index is 1.45. The maximum Gasteiger partial charge on any atom is 0.416 e. The van der Waals surface area contributed by atoms with Crippen LogP contribution in [0.2, 0.25) is 0 Å². The van der Waals surface area contributed by atoms with Crippen LogP contribution in [0.3, 0.4) is 0 Å². The van der Waals surface area contributed by atoms with E-state index in [0.29, 0.717) is 38.0 Å². The molecule has 0 unspecified atom stereocenters. The fraction of sp³-hybridized carbons (Fsp3) is 0.516. The van der Waals surface area contributed by atoms with E-state index in [1.807, 2.05) is 25.8 Å². The van der Waals surface area contributed by atoms with E-state index in [4.69, 9.17) is 4.74 Å². The molecule has 2 atom stereocenters. The number of likely N-dealkylation sites (N-methyl/N-ethyl adjacent to an activating group) is 1. The topological polar surface area (TPSA) is 82.2 Å². The van der Waals surface area contributed by atoms with Crippen LogP contribution in [0.4, 0.5) is 13.2 Å². The SMILES string of the molecule is CC(C)C[C@@H](NC(=O)c1ccccc1OCc1ccc(C(F)(F)F)cc1)C(=O)N1CCC[C@@H]1C(=O)N1CCN(C)CC1. The lowest BCUT2D eigenvalue weighted by molar-refractivity contribution is -0.145. The van der Waals surface area contributed by atoms with Gasteiger partial charge in [0.25, 0.3) is 5.91 Å². The predicted molar refractivity (Wildman–Crippen MR) is 152 cm³/mol. The van der Waals surface area contributed by atoms with Crippen LogP contribution in [-0.4, -0.2) is 84.3 Å². The number of alkyl halides is 3. The first-order valence-electron chi connectivity index (χ1n) is 14.4. The van der Waals surface area contributed by atoms with Gasteiger partial charge >= 0.3 is 6.18 Å². The third kappa shape index (κ3) is 7.81. The van der Waals surface area contributed by atoms with Gasteiger partial charge in [-0.3, -0.25) is 14.4 Å². The van der Waals surface area contributed by atoms with Gasteiger partial charge in [-0.1, -0.05) is 38.1 Å². The van der Waals surface area contributed by atoms with E-state index in [-0.39, 0.29) is 35.7 Å². The molecule has 2 aliphatic rings. The van der Waals surface area contributed by atoms with Gasteiger partial charge in [-0.15, -0.1) is 0 Å². The number of hydrogen-bond donors (Lipinski definition) is 1. The predicted octanol–water partition coefficient (Wildman–Crippen LogP) is 4.19. The lowest BCUT2D eigenvalue weighted by Crippen LogP contribution is -2.56. The number of piperazine rings is 1. The number of ether oxygens (including phenoxy) is 1. The summed E-state index contributed by atoms with van der Waals surface area (Å²) in [7, 11) is 2.02. The van der Waals surface area contributed by atoms with Crippen LogP contribution in [-0.2, 0) is 22.4 Å². The van der Waals surface area contributed by atoms with Crippen LogP contribution >= 0.6 is 0 Å². The normalized spacial score (nSPS) is 18.7. The molecule has 0 bridgehead atoms. The zero-order valence-electron chi connectivity index (χ0n) is 24.3. The minimum atomic E-state index is -4.43. The maximum atomic E-state index is 13.8. The Hall–Kier alpha value is -3.60. The summed E-state index contributed by atoms with van der Waals surface area (Å²) in [5, 5.41) is 2.88. The summed E-state index contributed by atoms with van der Waals surface area (Å²) in [6.45, 7) is 7.18. The van der Waals surface area contributed by atoms with E-state index < -0.39 is 29.7 Å². The van der Waals surface area contributed by atoms with Crippen LogP contribution in [0.1, 0.15) is 54.6 Å². The molecule has 1 N–H and O–H groups in total. The second-order valence-corrected chi connectivity index (χ2v) is 11.5. The third-order valence-electron chi connectivity index (χ3n) is 7.75. The molecular weight excluding hydrogens is 549 g/mol. The summed E-state index contributed by atoms with van der Waals surface area (Å²) in [5.74, 6) is -0.469. The number of likely N-dealkylation sites (tertiary alicyclic amines) is 1. The highest BCUT2D eigenvalue weighted by atomic mass is 19.4. The minimum Gasteiger partial charge on any atom is -0.488 e. The summed E-state index contributed by atoms with van der Waals surface area (Å²) in [4.78, 5) is 46.3. The number of carbonyl (C=O) groups excluding carboxylic acids is 3. The van der Waals surface area contributed by atoms with E-state index in [9.17, 15) is 27.6 Å². The molecule has 0 aromatic heterocycles. The number of rotatable bonds is 9. The zero-order chi connectivity index (χ0) is 30.4. The Morgan fingerprint density at radius 1 is 0.976 bits per heavy atom. The second-order valence-electron chi connectivity index (χ2n) is 11.5. The molecule has 228 valence electrons. The summed E-state index contributed by atoms with van der Waals surface area (Å²) in [6, 6.07) is 9.80. The molecule has 11 heteroatoms. The van der Waals surface area contributed by atoms with Crippen LogP contribution in [0.5, 0.6) is 5.75 Å². The molecule has 0 spiro atoms. The van der Waals surface area contributed by atoms with E-state index in [2.05, 4.69) is 10.2 Å². The van der Waals surface area contributed by atoms with Gasteiger partial charge in [0.2, 0.25) is 11.8 Å². The quantitative estimate of drug-likeness (QED) is 0.475. The fourth-order valence-corrected chi connectivity index (χ4v) is 5.38. The van der Waals surface area contributed by atoms with Crippen LogP contribution in [0.15, 0.2) is 48.5 Å². The first-order valence-corrected chi connectivity index (χ1v) is 14.4. The molecule has 0 saturated carbocycles. The summed E-state index contributed by atoms with van der Waals surface area (Å²) < 4.78 is 44.5. The van der Waals surface area contributed by atoms with Crippen molar-refractivity contribution in [3.63, 3.8) is 0 Å². The highest BCUT2D eigenvalue weighted by Gasteiger charge is 2.40. The molecule has 2 aromatic carbocycles. The van der Waals surface area contributed by atoms with Crippen molar-refractivity contribution in [1.82, 2.24) is 20.0 Å². The second kappa shape index (κ2) is 13.6. The Bertz CT molecular complexity index is 1240. The van der Waals surface area contributed by atoms with Gasteiger partial charge in [0, 0.05) is 32.7 Å². The Kier molecular flexibility index (Phi) is 10.1. The molecule has 0 radical (unpaired) electrons. The molecule has 4 rings (SSSR count). The van der Waals surface area contributed by atoms with Crippen molar-refractivity contribution < 1.29 is 32.3 Å². The molecular formula is C31H39F3N4O4. The smallest absolute Gasteiger partial charge is 0.416 e. The number of hydrogen-bond acceptors (Lipinski definition) is 5. The van der Waals surface area contributed by atoms with E-state index in [1.165, 1.54) is 12.1 Å². The van der Waals surface area contributed by atoms with Crippen molar-refractivity contribution in [2.24, 2.45) is 5.92 Å². The fourth-order valence-electron chi connectivity index (χ4n) is 5.38. The number of carbonyl (C=O) groups is 3. The van der Waals surface area contributed by atoms with Crippen molar-refractivity contribution in [2.75, 3.05) is 39.8 Å². The third-order valence-corrected chi connectivity index (χ3v) is 7.75. The molecule has 3 amide bonds. The van der Waals surface area contributed by atoms with Crippen molar-refractivity contribution in [3.8, 4) is 5.75 Å². The molecule has 2 aromatic rings.